The van der Waals surface area contributed by atoms with E-state index < -0.39 is 0 Å². The second-order valence-corrected chi connectivity index (χ2v) is 0.644. The Morgan fingerprint density at radius 2 is 2.00 bits per heavy atom. The van der Waals surface area contributed by atoms with Crippen LogP contribution in [0.2, 0.25) is 0 Å². The molecule has 0 heterocycles. The van der Waals surface area contributed by atoms with Crippen LogP contribution >= 0.6 is 12.2 Å². The molecule has 0 nitrogen and oxygen atoms in total. The normalized spacial score (nSPS) is 5.00. The molecule has 0 N–H and O–H groups in total. The van der Waals surface area contributed by atoms with Gasteiger partial charge in [-0.1, -0.05) is 24.9 Å². The summed E-state index contributed by atoms with van der Waals surface area (Å²) in [6.45, 7) is 3.32. The van der Waals surface area contributed by atoms with Gasteiger partial charge in [0, 0.05) is 5.37 Å². The van der Waals surface area contributed by atoms with E-state index >= 15 is 0 Å². The van der Waals surface area contributed by atoms with Gasteiger partial charge in [-0.25, -0.2) is 0 Å². The van der Waals surface area contributed by atoms with Crippen molar-refractivity contribution in [1.82, 2.24) is 0 Å². The Bertz CT molecular complexity index is 24.3. The molecule has 4 heavy (non-hydrogen) atoms. The SMILES string of the molecule is C=CC=S. The minimum atomic E-state index is 1.47. The van der Waals surface area contributed by atoms with Crippen molar-refractivity contribution in [3.05, 3.63) is 12.7 Å². The van der Waals surface area contributed by atoms with Crippen molar-refractivity contribution >= 4 is 17.6 Å². The van der Waals surface area contributed by atoms with E-state index in [-0.39, 0.29) is 0 Å². The maximum atomic E-state index is 4.31. The van der Waals surface area contributed by atoms with Crippen molar-refractivity contribution in [2.45, 2.75) is 0 Å². The maximum Gasteiger partial charge on any atom is 0.000759 e. The van der Waals surface area contributed by atoms with Gasteiger partial charge in [-0.3, -0.25) is 0 Å². The molecule has 0 amide bonds. The Morgan fingerprint density at radius 3 is 2.00 bits per heavy atom. The van der Waals surface area contributed by atoms with Crippen LogP contribution in [0.1, 0.15) is 0 Å². The van der Waals surface area contributed by atoms with Crippen molar-refractivity contribution in [1.29, 1.82) is 0 Å². The van der Waals surface area contributed by atoms with Gasteiger partial charge in [-0.2, -0.15) is 0 Å². The quantitative estimate of drug-likeness (QED) is 0.331. The lowest BCUT2D eigenvalue weighted by atomic mass is 10.8. The van der Waals surface area contributed by atoms with Gasteiger partial charge < -0.3 is 0 Å². The molecule has 0 aromatic rings. The zero-order valence-electron chi connectivity index (χ0n) is 2.27. The Kier molecular flexibility index (Phi) is 2.71. The highest BCUT2D eigenvalue weighted by molar-refractivity contribution is 7.79. The lowest BCUT2D eigenvalue weighted by Crippen LogP contribution is -1.37. The van der Waals surface area contributed by atoms with Crippen molar-refractivity contribution in [2.75, 3.05) is 0 Å². The summed E-state index contributed by atoms with van der Waals surface area (Å²) in [6, 6.07) is 0. The van der Waals surface area contributed by atoms with Crippen molar-refractivity contribution in [2.24, 2.45) is 0 Å². The molecule has 0 bridgehead atoms. The standard InChI is InChI=1S/C3H4S/c1-2-3-4/h2-3H,1H2. The molecule has 0 rings (SSSR count). The van der Waals surface area contributed by atoms with Crippen LogP contribution in [0.3, 0.4) is 0 Å². The monoisotopic (exact) mass is 72.0 g/mol. The van der Waals surface area contributed by atoms with Crippen LogP contribution < -0.4 is 0 Å². The van der Waals surface area contributed by atoms with E-state index in [1.54, 1.807) is 6.08 Å². The van der Waals surface area contributed by atoms with Crippen LogP contribution in [0.5, 0.6) is 0 Å². The van der Waals surface area contributed by atoms with E-state index in [9.17, 15) is 0 Å². The number of thiocarbonyl (C=S) groups is 1. The Hall–Kier alpha value is -0.170. The Balaban J connectivity index is 2.73. The molecule has 0 saturated carbocycles. The zero-order chi connectivity index (χ0) is 3.41. The van der Waals surface area contributed by atoms with E-state index in [0.29, 0.717) is 0 Å². The second kappa shape index (κ2) is 2.83. The molecule has 0 saturated heterocycles. The molecule has 0 aliphatic rings. The number of rotatable bonds is 1. The minimum absolute atomic E-state index is 1.47. The Labute approximate surface area is 31.1 Å². The summed E-state index contributed by atoms with van der Waals surface area (Å²) in [5, 5.41) is 1.47. The number of hydrogen-bond acceptors (Lipinski definition) is 1. The lowest BCUT2D eigenvalue weighted by Gasteiger charge is -1.41. The van der Waals surface area contributed by atoms with Crippen molar-refractivity contribution in [3.63, 3.8) is 0 Å². The third-order valence-corrected chi connectivity index (χ3v) is 0.289. The average Bonchev–Trinajstić information content (AvgIpc) is 1.37. The highest BCUT2D eigenvalue weighted by atomic mass is 32.1. The van der Waals surface area contributed by atoms with E-state index in [1.165, 1.54) is 5.37 Å². The summed E-state index contributed by atoms with van der Waals surface area (Å²) in [5.41, 5.74) is 0. The van der Waals surface area contributed by atoms with Gasteiger partial charge >= 0.3 is 0 Å². The molecule has 0 aromatic heterocycles. The first-order valence-corrected chi connectivity index (χ1v) is 1.45. The molecule has 0 aliphatic heterocycles. The summed E-state index contributed by atoms with van der Waals surface area (Å²) < 4.78 is 0. The minimum Gasteiger partial charge on any atom is -0.0982 e. The second-order valence-electron chi connectivity index (χ2n) is 0.372. The van der Waals surface area contributed by atoms with Gasteiger partial charge in [0.15, 0.2) is 0 Å². The summed E-state index contributed by atoms with van der Waals surface area (Å²) in [6.07, 6.45) is 1.56. The van der Waals surface area contributed by atoms with Crippen LogP contribution in [0.15, 0.2) is 12.7 Å². The molecule has 22 valence electrons. The largest absolute Gasteiger partial charge is 0.0982 e. The molecule has 0 atom stereocenters. The van der Waals surface area contributed by atoms with Gasteiger partial charge in [-0.05, 0) is 0 Å². The van der Waals surface area contributed by atoms with Gasteiger partial charge in [0.1, 0.15) is 0 Å². The third-order valence-electron chi connectivity index (χ3n) is 0.0962. The molecule has 0 unspecified atom stereocenters. The highest BCUT2D eigenvalue weighted by Gasteiger charge is 1.33. The molecule has 0 aromatic carbocycles. The number of allylic oxidation sites excluding steroid dienone is 1. The highest BCUT2D eigenvalue weighted by Crippen LogP contribution is 1.45. The van der Waals surface area contributed by atoms with Gasteiger partial charge in [0.2, 0.25) is 0 Å². The van der Waals surface area contributed by atoms with Gasteiger partial charge in [-0.15, -0.1) is 0 Å². The molecule has 0 radical (unpaired) electrons. The first-order valence-electron chi connectivity index (χ1n) is 0.977. The van der Waals surface area contributed by atoms with E-state index in [0.717, 1.165) is 0 Å². The zero-order valence-corrected chi connectivity index (χ0v) is 3.09. The van der Waals surface area contributed by atoms with Gasteiger partial charge in [0.25, 0.3) is 0 Å². The number of hydrogen-bond donors (Lipinski definition) is 0. The fourth-order valence-electron chi connectivity index (χ4n) is 0. The van der Waals surface area contributed by atoms with Crippen LogP contribution in [0.4, 0.5) is 0 Å². The average molecular weight is 72.1 g/mol. The molecule has 0 fully saturated rings. The maximum absolute atomic E-state index is 4.31. The predicted molar refractivity (Wildman–Crippen MR) is 23.9 cm³/mol. The molecule has 0 spiro atoms. The van der Waals surface area contributed by atoms with E-state index in [1.807, 2.05) is 0 Å². The first kappa shape index (κ1) is 3.83. The van der Waals surface area contributed by atoms with Crippen molar-refractivity contribution in [3.8, 4) is 0 Å². The van der Waals surface area contributed by atoms with E-state index in [4.69, 9.17) is 0 Å². The fourth-order valence-corrected chi connectivity index (χ4v) is 0. The van der Waals surface area contributed by atoms with Crippen LogP contribution in [-0.2, 0) is 0 Å². The third kappa shape index (κ3) is 1.83. The summed E-state index contributed by atoms with van der Waals surface area (Å²) in [5.74, 6) is 0. The van der Waals surface area contributed by atoms with Crippen LogP contribution in [0, 0.1) is 0 Å². The van der Waals surface area contributed by atoms with E-state index in [2.05, 4.69) is 18.8 Å². The van der Waals surface area contributed by atoms with Crippen molar-refractivity contribution < 1.29 is 0 Å². The molecular formula is C3H4S. The molecule has 0 aliphatic carbocycles. The van der Waals surface area contributed by atoms with Crippen LogP contribution in [0.25, 0.3) is 0 Å². The topological polar surface area (TPSA) is 0 Å². The lowest BCUT2D eigenvalue weighted by molar-refractivity contribution is 2.56. The summed E-state index contributed by atoms with van der Waals surface area (Å²) in [7, 11) is 0. The summed E-state index contributed by atoms with van der Waals surface area (Å²) in [4.78, 5) is 0. The molecular weight excluding hydrogens is 68.1 g/mol. The predicted octanol–water partition coefficient (Wildman–Crippen LogP) is 1.17. The Morgan fingerprint density at radius 1 is 1.75 bits per heavy atom. The smallest absolute Gasteiger partial charge is 0.000759 e. The summed E-state index contributed by atoms with van der Waals surface area (Å²) >= 11 is 4.31. The first-order chi connectivity index (χ1) is 1.91. The van der Waals surface area contributed by atoms with Crippen LogP contribution in [-0.4, -0.2) is 5.37 Å². The molecule has 1 heteroatoms. The fraction of sp³-hybridized carbons (Fsp3) is 0. The van der Waals surface area contributed by atoms with Gasteiger partial charge in [0.05, 0.1) is 0 Å².